The molecule has 86 valence electrons. The fourth-order valence-corrected chi connectivity index (χ4v) is 1.05. The zero-order valence-electron chi connectivity index (χ0n) is 10.1. The molecule has 0 spiro atoms. The number of alkyl halides is 1. The third-order valence-electron chi connectivity index (χ3n) is 1.74. The van der Waals surface area contributed by atoms with Crippen molar-refractivity contribution in [3.8, 4) is 0 Å². The second kappa shape index (κ2) is 7.34. The Bertz CT molecular complexity index is 195. The fraction of sp³-hybridized carbons (Fsp3) is 0.889. The number of halogens is 1. The first-order valence-corrected chi connectivity index (χ1v) is 6.18. The standard InChI is InChI=1S/C9H20B2BrNO2/c1-7(2)6-15-5-3-4-13-8(14)9(10,11)12/h7H,3-6,10-11H2,1-2H3,(H,13,14). The van der Waals surface area contributed by atoms with Crippen LogP contribution < -0.4 is 5.32 Å². The molecule has 0 bridgehead atoms. The molecule has 0 aliphatic heterocycles. The Balaban J connectivity index is 3.36. The van der Waals surface area contributed by atoms with E-state index in [1.54, 1.807) is 0 Å². The molecule has 0 unspecified atom stereocenters. The van der Waals surface area contributed by atoms with E-state index in [1.165, 1.54) is 0 Å². The Morgan fingerprint density at radius 3 is 2.60 bits per heavy atom. The van der Waals surface area contributed by atoms with Gasteiger partial charge in [0, 0.05) is 23.9 Å². The van der Waals surface area contributed by atoms with E-state index in [0.29, 0.717) is 19.1 Å². The van der Waals surface area contributed by atoms with Crippen LogP contribution in [0, 0.1) is 5.92 Å². The lowest BCUT2D eigenvalue weighted by molar-refractivity contribution is -0.120. The molecular formula is C9H20B2BrNO2. The molecule has 15 heavy (non-hydrogen) atoms. The summed E-state index contributed by atoms with van der Waals surface area (Å²) in [4.78, 5) is 11.4. The van der Waals surface area contributed by atoms with Crippen LogP contribution in [0.15, 0.2) is 0 Å². The van der Waals surface area contributed by atoms with Crippen LogP contribution in [0.2, 0.25) is 0 Å². The van der Waals surface area contributed by atoms with Crippen molar-refractivity contribution in [2.24, 2.45) is 5.92 Å². The Kier molecular flexibility index (Phi) is 7.36. The number of ether oxygens (including phenoxy) is 1. The summed E-state index contributed by atoms with van der Waals surface area (Å²) < 4.78 is 4.92. The van der Waals surface area contributed by atoms with Crippen LogP contribution in [0.4, 0.5) is 0 Å². The third-order valence-corrected chi connectivity index (χ3v) is 2.10. The van der Waals surface area contributed by atoms with E-state index >= 15 is 0 Å². The van der Waals surface area contributed by atoms with Gasteiger partial charge >= 0.3 is 0 Å². The van der Waals surface area contributed by atoms with Crippen molar-refractivity contribution in [2.75, 3.05) is 19.8 Å². The van der Waals surface area contributed by atoms with Crippen LogP contribution in [0.25, 0.3) is 0 Å². The van der Waals surface area contributed by atoms with Gasteiger partial charge in [-0.1, -0.05) is 29.8 Å². The predicted molar refractivity (Wildman–Crippen MR) is 72.0 cm³/mol. The monoisotopic (exact) mass is 275 g/mol. The lowest BCUT2D eigenvalue weighted by Gasteiger charge is -2.15. The number of hydrogen-bond acceptors (Lipinski definition) is 2. The maximum atomic E-state index is 11.4. The highest BCUT2D eigenvalue weighted by Crippen LogP contribution is 2.06. The second-order valence-electron chi connectivity index (χ2n) is 4.55. The minimum atomic E-state index is -0.480. The average molecular weight is 276 g/mol. The van der Waals surface area contributed by atoms with Gasteiger partial charge in [0.25, 0.3) is 0 Å². The summed E-state index contributed by atoms with van der Waals surface area (Å²) in [5.74, 6) is 0.590. The van der Waals surface area contributed by atoms with Crippen molar-refractivity contribution in [1.82, 2.24) is 5.32 Å². The van der Waals surface area contributed by atoms with Gasteiger partial charge < -0.3 is 10.1 Å². The molecule has 0 aliphatic carbocycles. The maximum Gasteiger partial charge on any atom is 0.220 e. The summed E-state index contributed by atoms with van der Waals surface area (Å²) in [6, 6.07) is 0. The molecule has 0 aromatic rings. The summed E-state index contributed by atoms with van der Waals surface area (Å²) in [5, 5.41) is 2.84. The van der Waals surface area contributed by atoms with Gasteiger partial charge in [-0.3, -0.25) is 4.79 Å². The number of amides is 1. The van der Waals surface area contributed by atoms with Crippen LogP contribution >= 0.6 is 15.9 Å². The minimum Gasteiger partial charge on any atom is -0.381 e. The molecule has 0 aromatic heterocycles. The van der Waals surface area contributed by atoms with Crippen molar-refractivity contribution >= 4 is 37.5 Å². The number of rotatable bonds is 7. The number of carbonyl (C=O) groups is 1. The van der Waals surface area contributed by atoms with E-state index in [-0.39, 0.29) is 5.91 Å². The summed E-state index contributed by atoms with van der Waals surface area (Å²) in [6.45, 7) is 6.41. The highest BCUT2D eigenvalue weighted by atomic mass is 79.9. The molecule has 0 radical (unpaired) electrons. The lowest BCUT2D eigenvalue weighted by atomic mass is 9.70. The number of nitrogens with one attached hydrogen (secondary N) is 1. The molecule has 0 atom stereocenters. The fourth-order valence-electron chi connectivity index (χ4n) is 0.905. The minimum absolute atomic E-state index is 0.0198. The van der Waals surface area contributed by atoms with Crippen molar-refractivity contribution < 1.29 is 9.53 Å². The van der Waals surface area contributed by atoms with Gasteiger partial charge in [0.2, 0.25) is 5.91 Å². The van der Waals surface area contributed by atoms with Crippen LogP contribution in [0.5, 0.6) is 0 Å². The van der Waals surface area contributed by atoms with Gasteiger partial charge in [0.15, 0.2) is 0 Å². The molecular weight excluding hydrogens is 256 g/mol. The van der Waals surface area contributed by atoms with Crippen LogP contribution in [-0.4, -0.2) is 45.5 Å². The van der Waals surface area contributed by atoms with E-state index in [2.05, 4.69) is 35.1 Å². The Hall–Kier alpha value is 0.0399. The first-order valence-electron chi connectivity index (χ1n) is 5.39. The van der Waals surface area contributed by atoms with Gasteiger partial charge in [-0.05, 0) is 12.3 Å². The Labute approximate surface area is 103 Å². The van der Waals surface area contributed by atoms with Crippen molar-refractivity contribution in [1.29, 1.82) is 0 Å². The first kappa shape index (κ1) is 15.0. The van der Waals surface area contributed by atoms with Crippen molar-refractivity contribution in [3.63, 3.8) is 0 Å². The first-order chi connectivity index (χ1) is 6.84. The van der Waals surface area contributed by atoms with Gasteiger partial charge in [-0.25, -0.2) is 0 Å². The summed E-state index contributed by atoms with van der Waals surface area (Å²) in [7, 11) is 3.66. The van der Waals surface area contributed by atoms with E-state index < -0.39 is 4.12 Å². The molecule has 0 saturated carbocycles. The summed E-state index contributed by atoms with van der Waals surface area (Å²) in [6.07, 6.45) is 0.863. The van der Waals surface area contributed by atoms with Crippen molar-refractivity contribution in [2.45, 2.75) is 24.4 Å². The molecule has 0 fully saturated rings. The van der Waals surface area contributed by atoms with Crippen LogP contribution in [-0.2, 0) is 9.53 Å². The van der Waals surface area contributed by atoms with E-state index in [9.17, 15) is 4.79 Å². The molecule has 0 heterocycles. The molecule has 0 aliphatic rings. The summed E-state index contributed by atoms with van der Waals surface area (Å²) >= 11 is 3.30. The molecule has 0 aromatic carbocycles. The molecule has 1 amide bonds. The van der Waals surface area contributed by atoms with Gasteiger partial charge in [0.05, 0.1) is 0 Å². The van der Waals surface area contributed by atoms with Crippen LogP contribution in [0.3, 0.4) is 0 Å². The third kappa shape index (κ3) is 9.00. The SMILES string of the molecule is BC(B)(Br)C(=O)NCCCOCC(C)C. The quantitative estimate of drug-likeness (QED) is 0.386. The number of carbonyl (C=O) groups excluding carboxylic acids is 1. The highest BCUT2D eigenvalue weighted by molar-refractivity contribution is 9.11. The highest BCUT2D eigenvalue weighted by Gasteiger charge is 2.22. The number of hydrogen-bond donors (Lipinski definition) is 1. The van der Waals surface area contributed by atoms with Gasteiger partial charge in [0.1, 0.15) is 15.7 Å². The molecule has 0 rings (SSSR count). The molecule has 6 heteroatoms. The van der Waals surface area contributed by atoms with Crippen LogP contribution in [0.1, 0.15) is 20.3 Å². The second-order valence-corrected chi connectivity index (χ2v) is 6.53. The Morgan fingerprint density at radius 2 is 2.13 bits per heavy atom. The molecule has 3 nitrogen and oxygen atoms in total. The summed E-state index contributed by atoms with van der Waals surface area (Å²) in [5.41, 5.74) is 0. The van der Waals surface area contributed by atoms with E-state index in [4.69, 9.17) is 4.74 Å². The normalized spacial score (nSPS) is 11.7. The predicted octanol–water partition coefficient (Wildman–Crippen LogP) is -0.520. The molecule has 0 saturated heterocycles. The largest absolute Gasteiger partial charge is 0.381 e. The van der Waals surface area contributed by atoms with Gasteiger partial charge in [-0.15, -0.1) is 0 Å². The van der Waals surface area contributed by atoms with Crippen molar-refractivity contribution in [3.05, 3.63) is 0 Å². The van der Waals surface area contributed by atoms with Gasteiger partial charge in [-0.2, -0.15) is 0 Å². The average Bonchev–Trinajstić information content (AvgIpc) is 2.08. The smallest absolute Gasteiger partial charge is 0.220 e. The van der Waals surface area contributed by atoms with E-state index in [1.807, 2.05) is 15.7 Å². The molecule has 1 N–H and O–H groups in total. The maximum absolute atomic E-state index is 11.4. The lowest BCUT2D eigenvalue weighted by Crippen LogP contribution is -2.43. The Morgan fingerprint density at radius 1 is 1.53 bits per heavy atom. The topological polar surface area (TPSA) is 38.3 Å². The zero-order valence-corrected chi connectivity index (χ0v) is 11.7. The zero-order chi connectivity index (χ0) is 11.9. The van der Waals surface area contributed by atoms with E-state index in [0.717, 1.165) is 13.0 Å².